The average Bonchev–Trinajstić information content (AvgIpc) is 2.58. The first-order valence-electron chi connectivity index (χ1n) is 7.77. The zero-order valence-electron chi connectivity index (χ0n) is 13.5. The first-order chi connectivity index (χ1) is 11.0. The van der Waals surface area contributed by atoms with Crippen LogP contribution in [0.15, 0.2) is 30.3 Å². The monoisotopic (exact) mass is 334 g/mol. The number of thioether (sulfide) groups is 1. The summed E-state index contributed by atoms with van der Waals surface area (Å²) in [4.78, 5) is 27.7. The van der Waals surface area contributed by atoms with Crippen LogP contribution in [0, 0.1) is 5.92 Å². The highest BCUT2D eigenvalue weighted by atomic mass is 32.2. The Morgan fingerprint density at radius 2 is 1.83 bits per heavy atom. The van der Waals surface area contributed by atoms with Gasteiger partial charge < -0.3 is 4.90 Å². The number of nitrogens with zero attached hydrogens (tertiary/aromatic N) is 2. The number of carbonyl (C=O) groups is 2. The normalized spacial score (nSPS) is 31.3. The van der Waals surface area contributed by atoms with Gasteiger partial charge in [0.05, 0.1) is 23.6 Å². The van der Waals surface area contributed by atoms with Crippen LogP contribution >= 0.6 is 11.8 Å². The van der Waals surface area contributed by atoms with Crippen LogP contribution in [0.5, 0.6) is 0 Å². The quantitative estimate of drug-likeness (QED) is 0.875. The molecule has 1 aromatic carbocycles. The maximum atomic E-state index is 12.6. The Kier molecular flexibility index (Phi) is 4.61. The van der Waals surface area contributed by atoms with E-state index in [1.807, 2.05) is 30.3 Å². The number of rotatable bonds is 3. The summed E-state index contributed by atoms with van der Waals surface area (Å²) in [6.45, 7) is 2.08. The van der Waals surface area contributed by atoms with Gasteiger partial charge in [-0.15, -0.1) is 11.8 Å². The molecule has 0 radical (unpaired) electrons. The van der Waals surface area contributed by atoms with E-state index in [2.05, 4.69) is 17.6 Å². The van der Waals surface area contributed by atoms with Crippen LogP contribution in [-0.4, -0.2) is 53.1 Å². The molecule has 2 N–H and O–H groups in total. The number of urea groups is 1. The first-order valence-corrected chi connectivity index (χ1v) is 8.82. The third-order valence-electron chi connectivity index (χ3n) is 4.44. The highest BCUT2D eigenvalue weighted by Crippen LogP contribution is 2.34. The summed E-state index contributed by atoms with van der Waals surface area (Å²) >= 11 is 1.71. The van der Waals surface area contributed by atoms with Crippen LogP contribution in [0.25, 0.3) is 0 Å². The Hall–Kier alpha value is -1.57. The molecule has 0 aromatic heterocycles. The molecule has 0 aliphatic carbocycles. The fourth-order valence-electron chi connectivity index (χ4n) is 3.22. The fourth-order valence-corrected chi connectivity index (χ4v) is 4.28. The maximum Gasteiger partial charge on any atom is 0.327 e. The van der Waals surface area contributed by atoms with E-state index in [1.165, 1.54) is 4.90 Å². The number of benzene rings is 1. The lowest BCUT2D eigenvalue weighted by Crippen LogP contribution is -2.72. The molecule has 3 amide bonds. The highest BCUT2D eigenvalue weighted by Gasteiger charge is 2.50. The number of nitrogens with one attached hydrogen (secondary N) is 2. The molecule has 2 aliphatic rings. The number of carbonyl (C=O) groups excluding carboxylic acids is 2. The summed E-state index contributed by atoms with van der Waals surface area (Å²) in [5.41, 5.74) is 1.10. The van der Waals surface area contributed by atoms with E-state index in [-0.39, 0.29) is 35.6 Å². The molecule has 4 atom stereocenters. The van der Waals surface area contributed by atoms with Gasteiger partial charge >= 0.3 is 6.03 Å². The third-order valence-corrected chi connectivity index (χ3v) is 5.56. The van der Waals surface area contributed by atoms with Gasteiger partial charge in [-0.1, -0.05) is 37.3 Å². The molecule has 0 spiro atoms. The zero-order valence-corrected chi connectivity index (χ0v) is 14.3. The van der Waals surface area contributed by atoms with E-state index >= 15 is 0 Å². The Morgan fingerprint density at radius 3 is 2.48 bits per heavy atom. The number of fused-ring (bicyclic) bond motifs is 1. The number of hydrogen-bond acceptors (Lipinski definition) is 5. The van der Waals surface area contributed by atoms with E-state index < -0.39 is 0 Å². The summed E-state index contributed by atoms with van der Waals surface area (Å²) in [5.74, 6) is 0.472. The zero-order chi connectivity index (χ0) is 16.6. The van der Waals surface area contributed by atoms with Crippen molar-refractivity contribution >= 4 is 23.7 Å². The van der Waals surface area contributed by atoms with Gasteiger partial charge in [0.1, 0.15) is 0 Å². The van der Waals surface area contributed by atoms with E-state index in [0.717, 1.165) is 11.3 Å². The van der Waals surface area contributed by atoms with Gasteiger partial charge in [0, 0.05) is 14.1 Å². The maximum absolute atomic E-state index is 12.6. The van der Waals surface area contributed by atoms with Crippen molar-refractivity contribution in [3.63, 3.8) is 0 Å². The van der Waals surface area contributed by atoms with E-state index in [0.29, 0.717) is 0 Å². The highest BCUT2D eigenvalue weighted by molar-refractivity contribution is 7.99. The summed E-state index contributed by atoms with van der Waals surface area (Å²) < 4.78 is 0. The van der Waals surface area contributed by atoms with Crippen LogP contribution in [0.1, 0.15) is 18.7 Å². The first kappa shape index (κ1) is 16.3. The van der Waals surface area contributed by atoms with Crippen LogP contribution in [-0.2, 0) is 4.79 Å². The minimum absolute atomic E-state index is 0.0399. The molecule has 0 bridgehead atoms. The van der Waals surface area contributed by atoms with E-state index in [9.17, 15) is 9.59 Å². The lowest BCUT2D eigenvalue weighted by molar-refractivity contribution is -0.140. The Morgan fingerprint density at radius 1 is 1.13 bits per heavy atom. The molecule has 6 nitrogen and oxygen atoms in total. The molecule has 2 heterocycles. The second kappa shape index (κ2) is 6.51. The SMILES string of the molecule is CCSC1NC(c2ccccc2)NC2C1C(=O)N(C)C(=O)N2C. The topological polar surface area (TPSA) is 64.7 Å². The Balaban J connectivity index is 1.93. The lowest BCUT2D eigenvalue weighted by atomic mass is 9.96. The van der Waals surface area contributed by atoms with Gasteiger partial charge in [-0.05, 0) is 11.3 Å². The fraction of sp³-hybridized carbons (Fsp3) is 0.500. The van der Waals surface area contributed by atoms with Gasteiger partial charge in [0.2, 0.25) is 5.91 Å². The Bertz CT molecular complexity index is 597. The molecule has 0 saturated carbocycles. The molecular weight excluding hydrogens is 312 g/mol. The minimum atomic E-state index is -0.304. The van der Waals surface area contributed by atoms with Crippen molar-refractivity contribution in [1.82, 2.24) is 20.4 Å². The summed E-state index contributed by atoms with van der Waals surface area (Å²) in [5, 5.41) is 6.91. The predicted octanol–water partition coefficient (Wildman–Crippen LogP) is 1.42. The third kappa shape index (κ3) is 2.84. The van der Waals surface area contributed by atoms with Crippen LogP contribution in [0.3, 0.4) is 0 Å². The minimum Gasteiger partial charge on any atom is -0.311 e. The molecule has 2 aliphatic heterocycles. The van der Waals surface area contributed by atoms with Gasteiger partial charge in [-0.2, -0.15) is 0 Å². The molecule has 7 heteroatoms. The standard InChI is InChI=1S/C16H22N4O2S/c1-4-23-14-11-13(19(2)16(22)20(3)15(11)21)17-12(18-14)10-8-6-5-7-9-10/h5-9,11-14,17-18H,4H2,1-3H3. The van der Waals surface area contributed by atoms with Crippen molar-refractivity contribution in [2.45, 2.75) is 24.6 Å². The van der Waals surface area contributed by atoms with Crippen molar-refractivity contribution < 1.29 is 9.59 Å². The van der Waals surface area contributed by atoms with Crippen LogP contribution in [0.4, 0.5) is 4.79 Å². The molecule has 2 fully saturated rings. The lowest BCUT2D eigenvalue weighted by Gasteiger charge is -2.50. The van der Waals surface area contributed by atoms with Crippen LogP contribution in [0.2, 0.25) is 0 Å². The van der Waals surface area contributed by atoms with Crippen molar-refractivity contribution in [3.8, 4) is 0 Å². The molecule has 23 heavy (non-hydrogen) atoms. The number of imide groups is 1. The summed E-state index contributed by atoms with van der Waals surface area (Å²) in [7, 11) is 3.30. The van der Waals surface area contributed by atoms with Crippen molar-refractivity contribution in [2.75, 3.05) is 19.8 Å². The van der Waals surface area contributed by atoms with Crippen molar-refractivity contribution in [2.24, 2.45) is 5.92 Å². The molecule has 4 unspecified atom stereocenters. The van der Waals surface area contributed by atoms with E-state index in [1.54, 1.807) is 30.8 Å². The second-order valence-corrected chi connectivity index (χ2v) is 7.23. The van der Waals surface area contributed by atoms with Gasteiger partial charge in [0.15, 0.2) is 0 Å². The van der Waals surface area contributed by atoms with Crippen molar-refractivity contribution in [1.29, 1.82) is 0 Å². The molecular formula is C16H22N4O2S. The van der Waals surface area contributed by atoms with Gasteiger partial charge in [-0.25, -0.2) is 4.79 Å². The summed E-state index contributed by atoms with van der Waals surface area (Å²) in [6, 6.07) is 9.76. The summed E-state index contributed by atoms with van der Waals surface area (Å²) in [6.07, 6.45) is -0.394. The van der Waals surface area contributed by atoms with Gasteiger partial charge in [0.25, 0.3) is 0 Å². The smallest absolute Gasteiger partial charge is 0.311 e. The van der Waals surface area contributed by atoms with Gasteiger partial charge in [-0.3, -0.25) is 20.3 Å². The molecule has 1 aromatic rings. The Labute approximate surface area is 140 Å². The number of amides is 3. The number of hydrogen-bond donors (Lipinski definition) is 2. The van der Waals surface area contributed by atoms with E-state index in [4.69, 9.17) is 0 Å². The largest absolute Gasteiger partial charge is 0.327 e. The second-order valence-electron chi connectivity index (χ2n) is 5.81. The molecule has 124 valence electrons. The molecule has 3 rings (SSSR count). The molecule has 2 saturated heterocycles. The van der Waals surface area contributed by atoms with Crippen molar-refractivity contribution in [3.05, 3.63) is 35.9 Å². The predicted molar refractivity (Wildman–Crippen MR) is 90.6 cm³/mol. The average molecular weight is 334 g/mol. The van der Waals surface area contributed by atoms with Crippen LogP contribution < -0.4 is 10.6 Å².